The molecule has 0 saturated carbocycles. The van der Waals surface area contributed by atoms with E-state index in [9.17, 15) is 19.8 Å². The molecule has 0 unspecified atom stereocenters. The molecule has 0 aromatic heterocycles. The lowest BCUT2D eigenvalue weighted by Crippen LogP contribution is -2.48. The van der Waals surface area contributed by atoms with Crippen LogP contribution in [0.3, 0.4) is 0 Å². The van der Waals surface area contributed by atoms with Gasteiger partial charge >= 0.3 is 12.2 Å². The van der Waals surface area contributed by atoms with Gasteiger partial charge in [-0.05, 0) is 80.1 Å². The minimum absolute atomic E-state index is 0. The van der Waals surface area contributed by atoms with Crippen LogP contribution in [0.25, 0.3) is 0 Å². The Morgan fingerprint density at radius 3 is 1.36 bits per heavy atom. The maximum absolute atomic E-state index is 11.8. The van der Waals surface area contributed by atoms with Crippen molar-refractivity contribution in [3.8, 4) is 0 Å². The molecule has 0 aliphatic carbocycles. The summed E-state index contributed by atoms with van der Waals surface area (Å²) < 4.78 is 15.6. The van der Waals surface area contributed by atoms with Crippen LogP contribution in [-0.4, -0.2) is 106 Å². The number of aliphatic hydroxyl groups excluding tert-OH is 1. The number of carbonyl (C=O) groups excluding carboxylic acids is 2. The van der Waals surface area contributed by atoms with Gasteiger partial charge < -0.3 is 39.3 Å². The number of methoxy groups -OCH3 is 1. The number of amides is 2. The van der Waals surface area contributed by atoms with Gasteiger partial charge in [0.1, 0.15) is 11.2 Å². The summed E-state index contributed by atoms with van der Waals surface area (Å²) in [4.78, 5) is 26.9. The molecule has 214 valence electrons. The molecule has 2 heterocycles. The Bertz CT molecular complexity index is 656. The molecule has 3 N–H and O–H groups in total. The Morgan fingerprint density at radius 2 is 1.08 bits per heavy atom. The number of rotatable bonds is 5. The standard InChI is InChI=1S/C13H25NO4.C12H23NO4.CH4/c1-12(2,3)18-11(15)14-8-5-13(16,6-9-14)7-10-17-4;1-11(2,3)17-10(15)13-7-4-12(16,5-8-13)6-9-14;/h16H,5-10H2,1-4H3;14,16H,4-9H2,1-3H3;1H4. The number of aliphatic hydroxyl groups is 3. The minimum Gasteiger partial charge on any atom is -0.444 e. The molecule has 0 aromatic rings. The van der Waals surface area contributed by atoms with Gasteiger partial charge in [0, 0.05) is 46.5 Å². The van der Waals surface area contributed by atoms with Gasteiger partial charge in [0.2, 0.25) is 0 Å². The van der Waals surface area contributed by atoms with Gasteiger partial charge in [-0.3, -0.25) is 0 Å². The largest absolute Gasteiger partial charge is 0.444 e. The van der Waals surface area contributed by atoms with E-state index in [4.69, 9.17) is 19.3 Å². The summed E-state index contributed by atoms with van der Waals surface area (Å²) in [6.07, 6.45) is 2.51. The molecule has 0 bridgehead atoms. The van der Waals surface area contributed by atoms with Gasteiger partial charge in [-0.15, -0.1) is 0 Å². The highest BCUT2D eigenvalue weighted by Crippen LogP contribution is 2.27. The van der Waals surface area contributed by atoms with Crippen LogP contribution in [0.1, 0.15) is 87.5 Å². The average molecular weight is 521 g/mol. The Hall–Kier alpha value is -1.62. The summed E-state index contributed by atoms with van der Waals surface area (Å²) >= 11 is 0. The van der Waals surface area contributed by atoms with Crippen molar-refractivity contribution in [2.75, 3.05) is 46.5 Å². The summed E-state index contributed by atoms with van der Waals surface area (Å²) in [6, 6.07) is 0. The number of nitrogens with zero attached hydrogens (tertiary/aromatic N) is 2. The van der Waals surface area contributed by atoms with Crippen LogP contribution < -0.4 is 0 Å². The van der Waals surface area contributed by atoms with Gasteiger partial charge in [0.15, 0.2) is 0 Å². The zero-order valence-electron chi connectivity index (χ0n) is 22.8. The first-order valence-electron chi connectivity index (χ1n) is 12.5. The third-order valence-corrected chi connectivity index (χ3v) is 6.04. The average Bonchev–Trinajstić information content (AvgIpc) is 2.71. The Labute approximate surface area is 217 Å². The van der Waals surface area contributed by atoms with Crippen molar-refractivity contribution in [2.45, 2.75) is 110 Å². The number of piperidine rings is 2. The van der Waals surface area contributed by atoms with Crippen LogP contribution in [0, 0.1) is 0 Å². The molecule has 2 rings (SSSR count). The fourth-order valence-electron chi connectivity index (χ4n) is 3.86. The SMILES string of the molecule is C.CC(C)(C)OC(=O)N1CCC(O)(CCO)CC1.COCCC1(O)CCN(C(=O)OC(C)(C)C)CC1. The number of carbonyl (C=O) groups is 2. The van der Waals surface area contributed by atoms with E-state index in [1.807, 2.05) is 41.5 Å². The summed E-state index contributed by atoms with van der Waals surface area (Å²) in [5.41, 5.74) is -2.49. The van der Waals surface area contributed by atoms with Crippen molar-refractivity contribution in [1.29, 1.82) is 0 Å². The molecule has 10 heteroatoms. The molecule has 2 aliphatic rings. The second kappa shape index (κ2) is 14.4. The summed E-state index contributed by atoms with van der Waals surface area (Å²) in [5, 5.41) is 29.2. The second-order valence-corrected chi connectivity index (χ2v) is 11.6. The lowest BCUT2D eigenvalue weighted by molar-refractivity contribution is -0.0471. The normalized spacial score (nSPS) is 19.4. The molecule has 10 nitrogen and oxygen atoms in total. The summed E-state index contributed by atoms with van der Waals surface area (Å²) in [6.45, 7) is 13.6. The molecule has 2 fully saturated rings. The van der Waals surface area contributed by atoms with E-state index in [1.54, 1.807) is 16.9 Å². The highest BCUT2D eigenvalue weighted by molar-refractivity contribution is 5.68. The van der Waals surface area contributed by atoms with Crippen LogP contribution in [0.5, 0.6) is 0 Å². The molecule has 2 aliphatic heterocycles. The van der Waals surface area contributed by atoms with E-state index < -0.39 is 22.4 Å². The Balaban J connectivity index is 0.000000663. The highest BCUT2D eigenvalue weighted by Gasteiger charge is 2.36. The van der Waals surface area contributed by atoms with Crippen LogP contribution in [-0.2, 0) is 14.2 Å². The second-order valence-electron chi connectivity index (χ2n) is 11.6. The highest BCUT2D eigenvalue weighted by atomic mass is 16.6. The molecule has 0 radical (unpaired) electrons. The lowest BCUT2D eigenvalue weighted by atomic mass is 9.89. The summed E-state index contributed by atoms with van der Waals surface area (Å²) in [7, 11) is 1.62. The zero-order valence-corrected chi connectivity index (χ0v) is 22.8. The van der Waals surface area contributed by atoms with E-state index >= 15 is 0 Å². The zero-order chi connectivity index (χ0) is 26.9. The van der Waals surface area contributed by atoms with Gasteiger partial charge in [-0.2, -0.15) is 0 Å². The third-order valence-electron chi connectivity index (χ3n) is 6.04. The monoisotopic (exact) mass is 520 g/mol. The third kappa shape index (κ3) is 13.1. The Morgan fingerprint density at radius 1 is 0.750 bits per heavy atom. The van der Waals surface area contributed by atoms with Crippen molar-refractivity contribution in [2.24, 2.45) is 0 Å². The molecule has 36 heavy (non-hydrogen) atoms. The van der Waals surface area contributed by atoms with E-state index in [0.717, 1.165) is 0 Å². The maximum atomic E-state index is 11.8. The van der Waals surface area contributed by atoms with Crippen molar-refractivity contribution >= 4 is 12.2 Å². The number of likely N-dealkylation sites (tertiary alicyclic amines) is 2. The van der Waals surface area contributed by atoms with Crippen molar-refractivity contribution in [3.63, 3.8) is 0 Å². The maximum Gasteiger partial charge on any atom is 0.410 e. The molecule has 2 amide bonds. The van der Waals surface area contributed by atoms with Gasteiger partial charge in [-0.1, -0.05) is 7.43 Å². The first-order valence-corrected chi connectivity index (χ1v) is 12.5. The van der Waals surface area contributed by atoms with Crippen molar-refractivity contribution in [1.82, 2.24) is 9.80 Å². The van der Waals surface area contributed by atoms with Crippen LogP contribution in [0.15, 0.2) is 0 Å². The molecule has 0 spiro atoms. The van der Waals surface area contributed by atoms with Gasteiger partial charge in [0.05, 0.1) is 11.2 Å². The quantitative estimate of drug-likeness (QED) is 0.502. The predicted octanol–water partition coefficient (Wildman–Crippen LogP) is 3.55. The first kappa shape index (κ1) is 34.4. The van der Waals surface area contributed by atoms with Crippen molar-refractivity contribution < 1.29 is 39.1 Å². The van der Waals surface area contributed by atoms with Gasteiger partial charge in [0.25, 0.3) is 0 Å². The van der Waals surface area contributed by atoms with E-state index in [2.05, 4.69) is 0 Å². The lowest BCUT2D eigenvalue weighted by Gasteiger charge is -2.38. The number of hydrogen-bond acceptors (Lipinski definition) is 8. The van der Waals surface area contributed by atoms with Crippen LogP contribution >= 0.6 is 0 Å². The summed E-state index contributed by atoms with van der Waals surface area (Å²) in [5.74, 6) is 0. The predicted molar refractivity (Wildman–Crippen MR) is 139 cm³/mol. The van der Waals surface area contributed by atoms with E-state index in [0.29, 0.717) is 71.3 Å². The fourth-order valence-corrected chi connectivity index (χ4v) is 3.86. The molecule has 2 saturated heterocycles. The molecular weight excluding hydrogens is 468 g/mol. The van der Waals surface area contributed by atoms with Gasteiger partial charge in [-0.25, -0.2) is 9.59 Å². The smallest absolute Gasteiger partial charge is 0.410 e. The number of ether oxygens (including phenoxy) is 3. The molecular formula is C26H52N2O8. The number of hydrogen-bond donors (Lipinski definition) is 3. The molecule has 0 aromatic carbocycles. The van der Waals surface area contributed by atoms with Crippen LogP contribution in [0.2, 0.25) is 0 Å². The Kier molecular flexibility index (Phi) is 13.7. The van der Waals surface area contributed by atoms with E-state index in [-0.39, 0.29) is 26.2 Å². The fraction of sp³-hybridized carbons (Fsp3) is 0.923. The van der Waals surface area contributed by atoms with E-state index in [1.165, 1.54) is 0 Å². The van der Waals surface area contributed by atoms with Crippen LogP contribution in [0.4, 0.5) is 9.59 Å². The first-order chi connectivity index (χ1) is 16.0. The topological polar surface area (TPSA) is 129 Å². The molecule has 0 atom stereocenters. The van der Waals surface area contributed by atoms with Crippen molar-refractivity contribution in [3.05, 3.63) is 0 Å². The minimum atomic E-state index is -0.826.